The fourth-order valence-electron chi connectivity index (χ4n) is 3.63. The largest absolute Gasteiger partial charge is 0.495 e. The molecular formula is C25H33Cl2N3O5S. The summed E-state index contributed by atoms with van der Waals surface area (Å²) in [6, 6.07) is 11.0. The molecule has 1 atom stereocenters. The molecule has 2 aromatic rings. The summed E-state index contributed by atoms with van der Waals surface area (Å²) in [5.41, 5.74) is 1.15. The Morgan fingerprint density at radius 1 is 1.08 bits per heavy atom. The molecule has 0 saturated carbocycles. The monoisotopic (exact) mass is 557 g/mol. The van der Waals surface area contributed by atoms with Crippen LogP contribution >= 0.6 is 23.2 Å². The highest BCUT2D eigenvalue weighted by molar-refractivity contribution is 7.92. The van der Waals surface area contributed by atoms with Gasteiger partial charge in [-0.25, -0.2) is 8.42 Å². The summed E-state index contributed by atoms with van der Waals surface area (Å²) in [4.78, 5) is 27.5. The summed E-state index contributed by atoms with van der Waals surface area (Å²) in [6.45, 7) is 5.61. The van der Waals surface area contributed by atoms with Crippen molar-refractivity contribution in [3.05, 3.63) is 58.1 Å². The second kappa shape index (κ2) is 13.2. The van der Waals surface area contributed by atoms with E-state index in [1.54, 1.807) is 37.3 Å². The van der Waals surface area contributed by atoms with Gasteiger partial charge in [-0.3, -0.25) is 13.9 Å². The molecule has 0 saturated heterocycles. The average Bonchev–Trinajstić information content (AvgIpc) is 2.78. The minimum absolute atomic E-state index is 0.0375. The lowest BCUT2D eigenvalue weighted by atomic mass is 10.1. The van der Waals surface area contributed by atoms with Gasteiger partial charge in [-0.15, -0.1) is 0 Å². The fraction of sp³-hybridized carbons (Fsp3) is 0.440. The van der Waals surface area contributed by atoms with Crippen molar-refractivity contribution < 1.29 is 22.7 Å². The molecule has 1 unspecified atom stereocenters. The van der Waals surface area contributed by atoms with Crippen LogP contribution in [0.4, 0.5) is 5.69 Å². The molecule has 0 aliphatic rings. The number of ether oxygens (including phenoxy) is 1. The minimum Gasteiger partial charge on any atom is -0.495 e. The van der Waals surface area contributed by atoms with Gasteiger partial charge in [0, 0.05) is 30.6 Å². The van der Waals surface area contributed by atoms with E-state index in [1.807, 2.05) is 19.9 Å². The summed E-state index contributed by atoms with van der Waals surface area (Å²) >= 11 is 12.3. The van der Waals surface area contributed by atoms with Crippen LogP contribution < -0.4 is 14.4 Å². The summed E-state index contributed by atoms with van der Waals surface area (Å²) < 4.78 is 31.3. The predicted molar refractivity (Wildman–Crippen MR) is 144 cm³/mol. The first-order valence-electron chi connectivity index (χ1n) is 11.5. The van der Waals surface area contributed by atoms with Gasteiger partial charge < -0.3 is 15.0 Å². The van der Waals surface area contributed by atoms with Crippen LogP contribution in [-0.2, 0) is 26.2 Å². The van der Waals surface area contributed by atoms with Crippen molar-refractivity contribution >= 4 is 50.7 Å². The smallest absolute Gasteiger partial charge is 0.242 e. The second-order valence-electron chi connectivity index (χ2n) is 8.75. The van der Waals surface area contributed by atoms with Crippen molar-refractivity contribution in [3.63, 3.8) is 0 Å². The van der Waals surface area contributed by atoms with Gasteiger partial charge in [0.05, 0.1) is 24.1 Å². The number of anilines is 1. The summed E-state index contributed by atoms with van der Waals surface area (Å²) in [5, 5.41) is 3.64. The van der Waals surface area contributed by atoms with E-state index in [-0.39, 0.29) is 48.8 Å². The van der Waals surface area contributed by atoms with Crippen molar-refractivity contribution in [1.29, 1.82) is 0 Å². The Hall–Kier alpha value is -2.49. The molecule has 2 amide bonds. The third-order valence-electron chi connectivity index (χ3n) is 5.42. The lowest BCUT2D eigenvalue weighted by molar-refractivity contribution is -0.140. The highest BCUT2D eigenvalue weighted by atomic mass is 35.5. The number of hydrogen-bond acceptors (Lipinski definition) is 5. The molecule has 0 bridgehead atoms. The number of rotatable bonds is 12. The molecule has 0 aromatic heterocycles. The van der Waals surface area contributed by atoms with Gasteiger partial charge in [-0.2, -0.15) is 0 Å². The molecule has 0 aliphatic heterocycles. The Morgan fingerprint density at radius 3 is 2.33 bits per heavy atom. The zero-order valence-electron chi connectivity index (χ0n) is 21.1. The van der Waals surface area contributed by atoms with E-state index >= 15 is 0 Å². The van der Waals surface area contributed by atoms with Gasteiger partial charge in [0.1, 0.15) is 11.8 Å². The lowest BCUT2D eigenvalue weighted by Gasteiger charge is -2.30. The van der Waals surface area contributed by atoms with Gasteiger partial charge in [0.15, 0.2) is 0 Å². The quantitative estimate of drug-likeness (QED) is 0.414. The molecule has 0 heterocycles. The molecule has 0 fully saturated rings. The van der Waals surface area contributed by atoms with Crippen LogP contribution in [0.1, 0.15) is 39.2 Å². The van der Waals surface area contributed by atoms with E-state index in [4.69, 9.17) is 27.9 Å². The highest BCUT2D eigenvalue weighted by Crippen LogP contribution is 2.30. The van der Waals surface area contributed by atoms with Gasteiger partial charge >= 0.3 is 0 Å². The zero-order valence-corrected chi connectivity index (χ0v) is 23.5. The number of nitrogens with zero attached hydrogens (tertiary/aromatic N) is 2. The normalized spacial score (nSPS) is 12.2. The van der Waals surface area contributed by atoms with Crippen molar-refractivity contribution in [1.82, 2.24) is 10.2 Å². The van der Waals surface area contributed by atoms with Gasteiger partial charge in [0.2, 0.25) is 21.8 Å². The molecule has 1 N–H and O–H groups in total. The first-order chi connectivity index (χ1) is 16.8. The molecule has 198 valence electrons. The number of halogens is 2. The SMILES string of the molecule is COc1ccc(N(CCCC(=O)N(Cc2cccc(Cl)c2)C(C)C(=O)NC(C)C)S(C)(=O)=O)cc1Cl. The number of nitrogens with one attached hydrogen (secondary N) is 1. The standard InChI is InChI=1S/C25H33Cl2N3O5S/c1-17(2)28-25(32)18(3)29(16-19-8-6-9-20(26)14-19)24(31)10-7-13-30(36(5,33)34)21-11-12-23(35-4)22(27)15-21/h6,8-9,11-12,14-15,17-18H,7,10,13,16H2,1-5H3,(H,28,32). The van der Waals surface area contributed by atoms with Gasteiger partial charge in [-0.05, 0) is 63.1 Å². The Bertz CT molecular complexity index is 1170. The number of methoxy groups -OCH3 is 1. The Balaban J connectivity index is 2.19. The molecule has 8 nitrogen and oxygen atoms in total. The highest BCUT2D eigenvalue weighted by Gasteiger charge is 2.27. The van der Waals surface area contributed by atoms with Crippen LogP contribution in [0, 0.1) is 0 Å². The van der Waals surface area contributed by atoms with Crippen LogP contribution in [-0.4, -0.2) is 57.1 Å². The molecule has 2 rings (SSSR count). The third kappa shape index (κ3) is 8.57. The first-order valence-corrected chi connectivity index (χ1v) is 14.1. The van der Waals surface area contributed by atoms with Gasteiger partial charge in [0.25, 0.3) is 0 Å². The summed E-state index contributed by atoms with van der Waals surface area (Å²) in [7, 11) is -2.17. The maximum Gasteiger partial charge on any atom is 0.242 e. The van der Waals surface area contributed by atoms with E-state index < -0.39 is 16.1 Å². The third-order valence-corrected chi connectivity index (χ3v) is 7.14. The number of hydrogen-bond donors (Lipinski definition) is 1. The molecule has 11 heteroatoms. The molecule has 0 spiro atoms. The van der Waals surface area contributed by atoms with Crippen LogP contribution in [0.15, 0.2) is 42.5 Å². The van der Waals surface area contributed by atoms with E-state index in [2.05, 4.69) is 5.32 Å². The van der Waals surface area contributed by atoms with Crippen molar-refractivity contribution in [2.75, 3.05) is 24.2 Å². The van der Waals surface area contributed by atoms with E-state index in [9.17, 15) is 18.0 Å². The van der Waals surface area contributed by atoms with E-state index in [0.717, 1.165) is 11.8 Å². The Morgan fingerprint density at radius 2 is 1.78 bits per heavy atom. The number of carbonyl (C=O) groups excluding carboxylic acids is 2. The fourth-order valence-corrected chi connectivity index (χ4v) is 5.06. The van der Waals surface area contributed by atoms with Gasteiger partial charge in [-0.1, -0.05) is 35.3 Å². The molecular weight excluding hydrogens is 525 g/mol. The number of carbonyl (C=O) groups is 2. The second-order valence-corrected chi connectivity index (χ2v) is 11.5. The maximum absolute atomic E-state index is 13.3. The topological polar surface area (TPSA) is 96.0 Å². The van der Waals surface area contributed by atoms with Crippen molar-refractivity contribution in [2.45, 2.75) is 52.2 Å². The van der Waals surface area contributed by atoms with Crippen molar-refractivity contribution in [2.24, 2.45) is 0 Å². The zero-order chi connectivity index (χ0) is 27.0. The molecule has 0 aliphatic carbocycles. The van der Waals surface area contributed by atoms with E-state index in [1.165, 1.54) is 22.4 Å². The summed E-state index contributed by atoms with van der Waals surface area (Å²) in [5.74, 6) is -0.122. The Labute approximate surface area is 223 Å². The summed E-state index contributed by atoms with van der Waals surface area (Å²) in [6.07, 6.45) is 1.37. The van der Waals surface area contributed by atoms with Crippen LogP contribution in [0.3, 0.4) is 0 Å². The predicted octanol–water partition coefficient (Wildman–Crippen LogP) is 4.49. The molecule has 2 aromatic carbocycles. The Kier molecular flexibility index (Phi) is 10.9. The minimum atomic E-state index is -3.64. The van der Waals surface area contributed by atoms with Crippen molar-refractivity contribution in [3.8, 4) is 5.75 Å². The van der Waals surface area contributed by atoms with E-state index in [0.29, 0.717) is 16.5 Å². The van der Waals surface area contributed by atoms with Crippen LogP contribution in [0.2, 0.25) is 10.0 Å². The number of amides is 2. The number of benzene rings is 2. The van der Waals surface area contributed by atoms with Crippen LogP contribution in [0.25, 0.3) is 0 Å². The first kappa shape index (κ1) is 29.7. The number of sulfonamides is 1. The maximum atomic E-state index is 13.3. The lowest BCUT2D eigenvalue weighted by Crippen LogP contribution is -2.49. The molecule has 0 radical (unpaired) electrons. The van der Waals surface area contributed by atoms with Crippen LogP contribution in [0.5, 0.6) is 5.75 Å². The molecule has 36 heavy (non-hydrogen) atoms. The average molecular weight is 559 g/mol.